The first-order valence-electron chi connectivity index (χ1n) is 6.05. The number of hydrogen-bond acceptors (Lipinski definition) is 4. The average Bonchev–Trinajstić information content (AvgIpc) is 2.76. The Morgan fingerprint density at radius 1 is 1.41 bits per heavy atom. The van der Waals surface area contributed by atoms with E-state index in [2.05, 4.69) is 5.32 Å². The maximum Gasteiger partial charge on any atom is 0.238 e. The van der Waals surface area contributed by atoms with Crippen LogP contribution in [0.1, 0.15) is 32.6 Å². The summed E-state index contributed by atoms with van der Waals surface area (Å²) in [4.78, 5) is 11.8. The molecule has 0 heterocycles. The Balaban J connectivity index is 2.59. The van der Waals surface area contributed by atoms with E-state index in [1.807, 2.05) is 0 Å². The maximum absolute atomic E-state index is 11.8. The predicted octanol–water partition coefficient (Wildman–Crippen LogP) is 0.0532. The van der Waals surface area contributed by atoms with Gasteiger partial charge in [0.15, 0.2) is 9.84 Å². The Morgan fingerprint density at radius 3 is 2.35 bits per heavy atom. The van der Waals surface area contributed by atoms with Crippen molar-refractivity contribution in [1.82, 2.24) is 5.32 Å². The molecule has 0 aromatic heterocycles. The van der Waals surface area contributed by atoms with Crippen LogP contribution in [0.15, 0.2) is 0 Å². The van der Waals surface area contributed by atoms with Gasteiger partial charge in [0, 0.05) is 18.8 Å². The molecule has 17 heavy (non-hydrogen) atoms. The topological polar surface area (TPSA) is 89.3 Å². The third-order valence-electron chi connectivity index (χ3n) is 3.56. The van der Waals surface area contributed by atoms with E-state index in [1.54, 1.807) is 0 Å². The fourth-order valence-corrected chi connectivity index (χ4v) is 2.68. The zero-order valence-corrected chi connectivity index (χ0v) is 11.3. The minimum absolute atomic E-state index is 0.0887. The molecule has 0 bridgehead atoms. The molecule has 0 saturated heterocycles. The summed E-state index contributed by atoms with van der Waals surface area (Å²) in [6.45, 7) is 1.78. The molecule has 1 aliphatic rings. The van der Waals surface area contributed by atoms with Gasteiger partial charge in [-0.1, -0.05) is 12.8 Å². The number of nitrogens with one attached hydrogen (secondary N) is 1. The lowest BCUT2D eigenvalue weighted by Crippen LogP contribution is -2.49. The molecule has 100 valence electrons. The molecule has 0 radical (unpaired) electrons. The predicted molar refractivity (Wildman–Crippen MR) is 67.2 cm³/mol. The smallest absolute Gasteiger partial charge is 0.238 e. The van der Waals surface area contributed by atoms with Gasteiger partial charge in [-0.3, -0.25) is 4.79 Å². The summed E-state index contributed by atoms with van der Waals surface area (Å²) in [6, 6.07) is -0.0887. The van der Waals surface area contributed by atoms with Gasteiger partial charge in [-0.15, -0.1) is 0 Å². The molecular formula is C11H22N2O3S. The van der Waals surface area contributed by atoms with Crippen LogP contribution in [0.5, 0.6) is 0 Å². The van der Waals surface area contributed by atoms with Gasteiger partial charge >= 0.3 is 0 Å². The first kappa shape index (κ1) is 14.4. The van der Waals surface area contributed by atoms with Crippen LogP contribution in [0.4, 0.5) is 0 Å². The Bertz CT molecular complexity index is 361. The van der Waals surface area contributed by atoms with Crippen molar-refractivity contribution >= 4 is 15.7 Å². The zero-order valence-electron chi connectivity index (χ0n) is 10.5. The van der Waals surface area contributed by atoms with Crippen LogP contribution in [-0.2, 0) is 14.6 Å². The molecule has 1 aliphatic carbocycles. The summed E-state index contributed by atoms with van der Waals surface area (Å²) >= 11 is 0. The van der Waals surface area contributed by atoms with Gasteiger partial charge in [-0.05, 0) is 25.7 Å². The molecule has 2 unspecified atom stereocenters. The summed E-state index contributed by atoms with van der Waals surface area (Å²) in [6.07, 6.45) is 5.53. The first-order chi connectivity index (χ1) is 7.86. The normalized spacial score (nSPS) is 21.1. The fourth-order valence-electron chi connectivity index (χ4n) is 2.22. The van der Waals surface area contributed by atoms with Crippen molar-refractivity contribution in [3.63, 3.8) is 0 Å². The zero-order chi connectivity index (χ0) is 13.1. The molecule has 5 nitrogen and oxygen atoms in total. The van der Waals surface area contributed by atoms with E-state index in [0.717, 1.165) is 19.1 Å². The van der Waals surface area contributed by atoms with Gasteiger partial charge in [0.2, 0.25) is 5.91 Å². The van der Waals surface area contributed by atoms with Crippen molar-refractivity contribution in [1.29, 1.82) is 0 Å². The standard InChI is InChI=1S/C11H22N2O3S/c1-8(17(2,15)16)11(14)13-10(7-12)9-5-3-4-6-9/h8-10H,3-7,12H2,1-2H3,(H,13,14). The number of carbonyl (C=O) groups is 1. The fraction of sp³-hybridized carbons (Fsp3) is 0.909. The lowest BCUT2D eigenvalue weighted by Gasteiger charge is -2.24. The Kier molecular flexibility index (Phi) is 4.94. The van der Waals surface area contributed by atoms with Crippen molar-refractivity contribution in [3.05, 3.63) is 0 Å². The van der Waals surface area contributed by atoms with E-state index in [0.29, 0.717) is 12.5 Å². The monoisotopic (exact) mass is 262 g/mol. The number of carbonyl (C=O) groups excluding carboxylic acids is 1. The second-order valence-electron chi connectivity index (χ2n) is 4.87. The van der Waals surface area contributed by atoms with Crippen LogP contribution in [0.25, 0.3) is 0 Å². The number of sulfone groups is 1. The number of nitrogens with two attached hydrogens (primary N) is 1. The molecule has 6 heteroatoms. The molecule has 0 aromatic rings. The van der Waals surface area contributed by atoms with E-state index in [9.17, 15) is 13.2 Å². The van der Waals surface area contributed by atoms with Crippen LogP contribution < -0.4 is 11.1 Å². The minimum atomic E-state index is -3.33. The van der Waals surface area contributed by atoms with Crippen LogP contribution in [0.2, 0.25) is 0 Å². The van der Waals surface area contributed by atoms with Gasteiger partial charge in [0.1, 0.15) is 5.25 Å². The van der Waals surface area contributed by atoms with Gasteiger partial charge in [0.05, 0.1) is 0 Å². The van der Waals surface area contributed by atoms with Gasteiger partial charge in [-0.2, -0.15) is 0 Å². The number of amides is 1. The van der Waals surface area contributed by atoms with E-state index < -0.39 is 21.0 Å². The average molecular weight is 262 g/mol. The van der Waals surface area contributed by atoms with Crippen molar-refractivity contribution in [2.45, 2.75) is 43.9 Å². The summed E-state index contributed by atoms with van der Waals surface area (Å²) < 4.78 is 22.5. The van der Waals surface area contributed by atoms with E-state index in [1.165, 1.54) is 19.8 Å². The number of hydrogen-bond donors (Lipinski definition) is 2. The molecule has 2 atom stereocenters. The highest BCUT2D eigenvalue weighted by atomic mass is 32.2. The summed E-state index contributed by atoms with van der Waals surface area (Å²) in [5, 5.41) is 1.77. The Labute approximate surface area is 103 Å². The van der Waals surface area contributed by atoms with E-state index in [4.69, 9.17) is 5.73 Å². The minimum Gasteiger partial charge on any atom is -0.351 e. The second kappa shape index (κ2) is 5.82. The quantitative estimate of drug-likeness (QED) is 0.733. The summed E-state index contributed by atoms with van der Waals surface area (Å²) in [5.41, 5.74) is 5.65. The van der Waals surface area contributed by atoms with Gasteiger partial charge < -0.3 is 11.1 Å². The molecule has 1 fully saturated rings. The largest absolute Gasteiger partial charge is 0.351 e. The summed E-state index contributed by atoms with van der Waals surface area (Å²) in [5.74, 6) is -0.0365. The molecule has 3 N–H and O–H groups in total. The lowest BCUT2D eigenvalue weighted by molar-refractivity contribution is -0.121. The molecule has 1 rings (SSSR count). The molecule has 1 amide bonds. The first-order valence-corrected chi connectivity index (χ1v) is 8.01. The maximum atomic E-state index is 11.8. The highest BCUT2D eigenvalue weighted by Crippen LogP contribution is 2.27. The highest BCUT2D eigenvalue weighted by molar-refractivity contribution is 7.92. The lowest BCUT2D eigenvalue weighted by atomic mass is 9.98. The Morgan fingerprint density at radius 2 is 1.94 bits per heavy atom. The highest BCUT2D eigenvalue weighted by Gasteiger charge is 2.29. The van der Waals surface area contributed by atoms with E-state index in [-0.39, 0.29) is 6.04 Å². The Hall–Kier alpha value is -0.620. The molecule has 1 saturated carbocycles. The SMILES string of the molecule is CC(C(=O)NC(CN)C1CCCC1)S(C)(=O)=O. The van der Waals surface area contributed by atoms with Gasteiger partial charge in [-0.25, -0.2) is 8.42 Å². The van der Waals surface area contributed by atoms with Crippen LogP contribution in [0, 0.1) is 5.92 Å². The number of rotatable bonds is 5. The van der Waals surface area contributed by atoms with Crippen molar-refractivity contribution in [2.75, 3.05) is 12.8 Å². The second-order valence-corrected chi connectivity index (χ2v) is 7.23. The molecule has 0 aromatic carbocycles. The summed E-state index contributed by atoms with van der Waals surface area (Å²) in [7, 11) is -3.33. The third-order valence-corrected chi connectivity index (χ3v) is 5.06. The molecule has 0 spiro atoms. The van der Waals surface area contributed by atoms with Crippen molar-refractivity contribution in [3.8, 4) is 0 Å². The van der Waals surface area contributed by atoms with Crippen LogP contribution in [-0.4, -0.2) is 38.4 Å². The van der Waals surface area contributed by atoms with Crippen molar-refractivity contribution in [2.24, 2.45) is 11.7 Å². The van der Waals surface area contributed by atoms with Gasteiger partial charge in [0.25, 0.3) is 0 Å². The molecule has 0 aliphatic heterocycles. The van der Waals surface area contributed by atoms with Crippen LogP contribution in [0.3, 0.4) is 0 Å². The van der Waals surface area contributed by atoms with E-state index >= 15 is 0 Å². The third kappa shape index (κ3) is 3.96. The molecular weight excluding hydrogens is 240 g/mol. The van der Waals surface area contributed by atoms with Crippen LogP contribution >= 0.6 is 0 Å². The van der Waals surface area contributed by atoms with Crippen molar-refractivity contribution < 1.29 is 13.2 Å².